The maximum absolute atomic E-state index is 12.1. The average Bonchev–Trinajstić information content (AvgIpc) is 2.70. The molecule has 0 aromatic carbocycles. The molecule has 2 rings (SSSR count). The van der Waals surface area contributed by atoms with Gasteiger partial charge in [0.2, 0.25) is 5.78 Å². The van der Waals surface area contributed by atoms with Crippen molar-refractivity contribution in [3.63, 3.8) is 0 Å². The first-order valence-electron chi connectivity index (χ1n) is 5.64. The number of hydrogen-bond acceptors (Lipinski definition) is 3. The van der Waals surface area contributed by atoms with Gasteiger partial charge >= 0.3 is 0 Å². The molecule has 0 saturated carbocycles. The fraction of sp³-hybridized carbons (Fsp3) is 0.500. The third-order valence-corrected chi connectivity index (χ3v) is 2.59. The molecule has 86 valence electrons. The van der Waals surface area contributed by atoms with Crippen LogP contribution >= 0.6 is 0 Å². The van der Waals surface area contributed by atoms with Crippen molar-refractivity contribution in [2.45, 2.75) is 33.2 Å². The van der Waals surface area contributed by atoms with E-state index in [-0.39, 0.29) is 5.78 Å². The Hall–Kier alpha value is -1.58. The van der Waals surface area contributed by atoms with Crippen molar-refractivity contribution < 1.29 is 9.53 Å². The molecule has 0 atom stereocenters. The molecule has 0 N–H and O–H groups in total. The Morgan fingerprint density at radius 1 is 1.62 bits per heavy atom. The number of allylic oxidation sites excluding steroid dienone is 2. The summed E-state index contributed by atoms with van der Waals surface area (Å²) < 4.78 is 7.09. The summed E-state index contributed by atoms with van der Waals surface area (Å²) in [5, 5.41) is 4.26. The van der Waals surface area contributed by atoms with Crippen LogP contribution in [0, 0.1) is 6.92 Å². The van der Waals surface area contributed by atoms with Gasteiger partial charge in [0.15, 0.2) is 5.76 Å². The molecule has 0 radical (unpaired) electrons. The number of ether oxygens (including phenoxy) is 1. The van der Waals surface area contributed by atoms with E-state index in [4.69, 9.17) is 4.74 Å². The molecule has 16 heavy (non-hydrogen) atoms. The summed E-state index contributed by atoms with van der Waals surface area (Å²) in [7, 11) is 0. The summed E-state index contributed by atoms with van der Waals surface area (Å²) in [5.41, 5.74) is 1.48. The lowest BCUT2D eigenvalue weighted by Crippen LogP contribution is -2.15. The number of nitrogens with zero attached hydrogens (tertiary/aromatic N) is 2. The van der Waals surface area contributed by atoms with E-state index >= 15 is 0 Å². The van der Waals surface area contributed by atoms with E-state index in [2.05, 4.69) is 5.10 Å². The Morgan fingerprint density at radius 2 is 2.44 bits per heavy atom. The molecule has 0 spiro atoms. The molecule has 1 aromatic heterocycles. The van der Waals surface area contributed by atoms with Gasteiger partial charge in [-0.15, -0.1) is 0 Å². The number of ketones is 1. The maximum Gasteiger partial charge on any atom is 0.245 e. The van der Waals surface area contributed by atoms with Gasteiger partial charge in [-0.25, -0.2) is 0 Å². The van der Waals surface area contributed by atoms with Crippen LogP contribution in [0.4, 0.5) is 0 Å². The fourth-order valence-corrected chi connectivity index (χ4v) is 1.81. The second kappa shape index (κ2) is 4.51. The molecule has 1 aliphatic heterocycles. The van der Waals surface area contributed by atoms with E-state index in [9.17, 15) is 4.79 Å². The van der Waals surface area contributed by atoms with Gasteiger partial charge < -0.3 is 4.74 Å². The van der Waals surface area contributed by atoms with Crippen molar-refractivity contribution in [2.75, 3.05) is 6.61 Å². The highest BCUT2D eigenvalue weighted by atomic mass is 16.5. The number of carbonyl (C=O) groups excluding carboxylic acids is 1. The molecule has 0 aliphatic carbocycles. The summed E-state index contributed by atoms with van der Waals surface area (Å²) in [4.78, 5) is 12.1. The van der Waals surface area contributed by atoms with E-state index in [0.717, 1.165) is 18.5 Å². The summed E-state index contributed by atoms with van der Waals surface area (Å²) >= 11 is 0. The average molecular weight is 220 g/mol. The Labute approximate surface area is 94.9 Å². The summed E-state index contributed by atoms with van der Waals surface area (Å²) in [6.45, 7) is 5.19. The molecular weight excluding hydrogens is 204 g/mol. The number of carbonyl (C=O) groups is 1. The number of hydrogen-bond donors (Lipinski definition) is 0. The van der Waals surface area contributed by atoms with Gasteiger partial charge in [-0.3, -0.25) is 9.48 Å². The van der Waals surface area contributed by atoms with Gasteiger partial charge in [-0.05, 0) is 38.8 Å². The second-order valence-corrected chi connectivity index (χ2v) is 3.87. The minimum atomic E-state index is -0.0536. The molecule has 0 saturated heterocycles. The van der Waals surface area contributed by atoms with Crippen LogP contribution in [0.15, 0.2) is 17.9 Å². The zero-order valence-electron chi connectivity index (χ0n) is 9.69. The monoisotopic (exact) mass is 220 g/mol. The lowest BCUT2D eigenvalue weighted by molar-refractivity contribution is 0.0889. The largest absolute Gasteiger partial charge is 0.490 e. The fourth-order valence-electron chi connectivity index (χ4n) is 1.81. The number of aryl methyl sites for hydroxylation is 2. The van der Waals surface area contributed by atoms with Gasteiger partial charge in [0.05, 0.1) is 12.3 Å². The van der Waals surface area contributed by atoms with E-state index in [1.807, 2.05) is 26.0 Å². The van der Waals surface area contributed by atoms with Crippen LogP contribution in [0.1, 0.15) is 35.9 Å². The van der Waals surface area contributed by atoms with Crippen LogP contribution in [0.3, 0.4) is 0 Å². The smallest absolute Gasteiger partial charge is 0.245 e. The molecule has 0 fully saturated rings. The van der Waals surface area contributed by atoms with Crippen molar-refractivity contribution in [2.24, 2.45) is 0 Å². The summed E-state index contributed by atoms with van der Waals surface area (Å²) in [6, 6.07) is 1.81. The number of Topliss-reactive ketones (excluding diaryl/α,β-unsaturated/α-hetero) is 1. The first-order chi connectivity index (χ1) is 7.72. The topological polar surface area (TPSA) is 44.1 Å². The summed E-state index contributed by atoms with van der Waals surface area (Å²) in [5.74, 6) is 0.419. The molecule has 1 aliphatic rings. The lowest BCUT2D eigenvalue weighted by atomic mass is 10.1. The van der Waals surface area contributed by atoms with E-state index in [1.54, 1.807) is 4.68 Å². The highest BCUT2D eigenvalue weighted by molar-refractivity contribution is 6.06. The quantitative estimate of drug-likeness (QED) is 0.732. The maximum atomic E-state index is 12.1. The van der Waals surface area contributed by atoms with Crippen molar-refractivity contribution in [3.05, 3.63) is 29.3 Å². The first kappa shape index (κ1) is 10.9. The van der Waals surface area contributed by atoms with Gasteiger partial charge in [0.1, 0.15) is 5.69 Å². The van der Waals surface area contributed by atoms with E-state index in [0.29, 0.717) is 24.6 Å². The molecule has 4 heteroatoms. The predicted octanol–water partition coefficient (Wildman–Crippen LogP) is 2.09. The zero-order chi connectivity index (χ0) is 11.5. The Balaban J connectivity index is 2.29. The van der Waals surface area contributed by atoms with Gasteiger partial charge in [0, 0.05) is 6.54 Å². The van der Waals surface area contributed by atoms with Crippen LogP contribution in [-0.4, -0.2) is 22.2 Å². The SMILES string of the molecule is CCn1nc(C)cc1C(=O)C1=CCCCO1. The highest BCUT2D eigenvalue weighted by Crippen LogP contribution is 2.16. The molecular formula is C12H16N2O2. The Bertz CT molecular complexity index is 432. The van der Waals surface area contributed by atoms with Crippen LogP contribution in [-0.2, 0) is 11.3 Å². The van der Waals surface area contributed by atoms with Crippen LogP contribution < -0.4 is 0 Å². The van der Waals surface area contributed by atoms with Crippen LogP contribution in [0.5, 0.6) is 0 Å². The number of rotatable bonds is 3. The van der Waals surface area contributed by atoms with Crippen LogP contribution in [0.25, 0.3) is 0 Å². The minimum absolute atomic E-state index is 0.0536. The third kappa shape index (κ3) is 2.01. The summed E-state index contributed by atoms with van der Waals surface area (Å²) in [6.07, 6.45) is 3.78. The Morgan fingerprint density at radius 3 is 3.06 bits per heavy atom. The minimum Gasteiger partial charge on any atom is -0.490 e. The van der Waals surface area contributed by atoms with Crippen LogP contribution in [0.2, 0.25) is 0 Å². The van der Waals surface area contributed by atoms with Gasteiger partial charge in [0.25, 0.3) is 0 Å². The second-order valence-electron chi connectivity index (χ2n) is 3.87. The molecule has 2 heterocycles. The van der Waals surface area contributed by atoms with E-state index < -0.39 is 0 Å². The molecule has 0 unspecified atom stereocenters. The van der Waals surface area contributed by atoms with E-state index in [1.165, 1.54) is 0 Å². The van der Waals surface area contributed by atoms with Crippen molar-refractivity contribution in [3.8, 4) is 0 Å². The van der Waals surface area contributed by atoms with Crippen molar-refractivity contribution in [1.29, 1.82) is 0 Å². The predicted molar refractivity (Wildman–Crippen MR) is 60.2 cm³/mol. The lowest BCUT2D eigenvalue weighted by Gasteiger charge is -2.13. The Kier molecular flexibility index (Phi) is 3.08. The first-order valence-corrected chi connectivity index (χ1v) is 5.64. The molecule has 4 nitrogen and oxygen atoms in total. The third-order valence-electron chi connectivity index (χ3n) is 2.59. The zero-order valence-corrected chi connectivity index (χ0v) is 9.69. The number of aromatic nitrogens is 2. The van der Waals surface area contributed by atoms with Crippen molar-refractivity contribution in [1.82, 2.24) is 9.78 Å². The molecule has 0 bridgehead atoms. The normalized spacial score (nSPS) is 15.5. The van der Waals surface area contributed by atoms with Gasteiger partial charge in [-0.2, -0.15) is 5.10 Å². The van der Waals surface area contributed by atoms with Gasteiger partial charge in [-0.1, -0.05) is 0 Å². The standard InChI is InChI=1S/C12H16N2O2/c1-3-14-10(8-9(2)13-14)12(15)11-6-4-5-7-16-11/h6,8H,3-5,7H2,1-2H3. The van der Waals surface area contributed by atoms with Crippen molar-refractivity contribution >= 4 is 5.78 Å². The molecule has 0 amide bonds. The highest BCUT2D eigenvalue weighted by Gasteiger charge is 2.20. The molecule has 1 aromatic rings.